The smallest absolute Gasteiger partial charge is 0.221 e. The predicted molar refractivity (Wildman–Crippen MR) is 52.7 cm³/mol. The van der Waals surface area contributed by atoms with Gasteiger partial charge in [-0.15, -0.1) is 0 Å². The second-order valence-electron chi connectivity index (χ2n) is 2.91. The number of pyridine rings is 1. The van der Waals surface area contributed by atoms with Gasteiger partial charge in [-0.3, -0.25) is 4.79 Å². The van der Waals surface area contributed by atoms with Crippen molar-refractivity contribution in [2.24, 2.45) is 0 Å². The van der Waals surface area contributed by atoms with Crippen LogP contribution in [-0.4, -0.2) is 11.9 Å². The van der Waals surface area contributed by atoms with E-state index in [0.717, 1.165) is 18.2 Å². The number of carbonyl (C=O) groups excluding carboxylic acids is 2. The Balaban J connectivity index is 0.000000423. The molecule has 0 aliphatic rings. The van der Waals surface area contributed by atoms with Gasteiger partial charge in [0.2, 0.25) is 5.91 Å². The van der Waals surface area contributed by atoms with E-state index in [9.17, 15) is 4.79 Å². The molecule has 1 rings (SSSR count). The molecular formula is C10H14N2O3. The maximum Gasteiger partial charge on any atom is 0.221 e. The van der Waals surface area contributed by atoms with E-state index < -0.39 is 5.97 Å². The number of aliphatic carboxylic acids is 1. The average molecular weight is 210 g/mol. The highest BCUT2D eigenvalue weighted by Crippen LogP contribution is 2.08. The van der Waals surface area contributed by atoms with Crippen molar-refractivity contribution in [3.8, 4) is 0 Å². The molecule has 0 fully saturated rings. The molecule has 1 aromatic heterocycles. The molecule has 0 aromatic carbocycles. The van der Waals surface area contributed by atoms with Crippen LogP contribution in [0.4, 0.5) is 5.69 Å². The van der Waals surface area contributed by atoms with Crippen LogP contribution in [0.2, 0.25) is 0 Å². The van der Waals surface area contributed by atoms with Gasteiger partial charge in [-0.1, -0.05) is 0 Å². The standard InChI is InChI=1S/C8H10N2O.C2H4O2/c1-6-3-4-9-5-8(6)10-7(2)11;1-2(3)4/h3-5H,1-2H3,(H,10,11);1H3,(H,3,4). The van der Waals surface area contributed by atoms with Gasteiger partial charge >= 0.3 is 0 Å². The first-order chi connectivity index (χ1) is 6.93. The van der Waals surface area contributed by atoms with E-state index in [1.807, 2.05) is 19.2 Å². The lowest BCUT2D eigenvalue weighted by molar-refractivity contribution is -0.377. The Morgan fingerprint density at radius 2 is 1.93 bits per heavy atom. The molecule has 0 aliphatic carbocycles. The van der Waals surface area contributed by atoms with Crippen LogP contribution in [0.1, 0.15) is 19.4 Å². The monoisotopic (exact) mass is 210 g/mol. The second-order valence-corrected chi connectivity index (χ2v) is 2.91. The number of H-pyrrole nitrogens is 1. The fourth-order valence-corrected chi connectivity index (χ4v) is 0.832. The van der Waals surface area contributed by atoms with E-state index in [-0.39, 0.29) is 5.91 Å². The number of aryl methyl sites for hydroxylation is 1. The number of amides is 1. The van der Waals surface area contributed by atoms with Gasteiger partial charge in [-0.25, -0.2) is 4.98 Å². The highest BCUT2D eigenvalue weighted by atomic mass is 16.4. The summed E-state index contributed by atoms with van der Waals surface area (Å²) in [6, 6.07) is 1.91. The lowest BCUT2D eigenvalue weighted by Gasteiger charge is -2.00. The number of carboxylic acid groups (broad SMARTS) is 1. The normalized spacial score (nSPS) is 8.47. The quantitative estimate of drug-likeness (QED) is 0.679. The van der Waals surface area contributed by atoms with Gasteiger partial charge in [-0.05, 0) is 19.4 Å². The number of carboxylic acids is 1. The lowest BCUT2D eigenvalue weighted by atomic mass is 10.2. The van der Waals surface area contributed by atoms with E-state index >= 15 is 0 Å². The van der Waals surface area contributed by atoms with Gasteiger partial charge < -0.3 is 15.2 Å². The van der Waals surface area contributed by atoms with E-state index in [2.05, 4.69) is 10.3 Å². The largest absolute Gasteiger partial charge is 0.550 e. The van der Waals surface area contributed by atoms with Crippen LogP contribution in [0, 0.1) is 6.92 Å². The predicted octanol–water partition coefficient (Wildman–Crippen LogP) is -0.476. The molecule has 82 valence electrons. The minimum atomic E-state index is -1.08. The Morgan fingerprint density at radius 1 is 1.40 bits per heavy atom. The molecule has 1 heterocycles. The summed E-state index contributed by atoms with van der Waals surface area (Å²) in [5.74, 6) is -1.13. The van der Waals surface area contributed by atoms with Gasteiger partial charge in [0.25, 0.3) is 0 Å². The Morgan fingerprint density at radius 3 is 2.33 bits per heavy atom. The molecule has 0 saturated carbocycles. The van der Waals surface area contributed by atoms with Crippen LogP contribution in [0.25, 0.3) is 0 Å². The van der Waals surface area contributed by atoms with E-state index in [1.54, 1.807) is 6.20 Å². The molecule has 0 radical (unpaired) electrons. The first-order valence-corrected chi connectivity index (χ1v) is 4.35. The summed E-state index contributed by atoms with van der Waals surface area (Å²) >= 11 is 0. The number of aromatic nitrogens is 1. The maximum atomic E-state index is 10.6. The second kappa shape index (κ2) is 6.53. The summed E-state index contributed by atoms with van der Waals surface area (Å²) in [7, 11) is 0. The van der Waals surface area contributed by atoms with Crippen LogP contribution in [0.3, 0.4) is 0 Å². The van der Waals surface area contributed by atoms with Crippen LogP contribution in [0.15, 0.2) is 18.5 Å². The van der Waals surface area contributed by atoms with Crippen molar-refractivity contribution in [1.29, 1.82) is 0 Å². The zero-order valence-corrected chi connectivity index (χ0v) is 8.96. The number of carbonyl (C=O) groups is 2. The lowest BCUT2D eigenvalue weighted by Crippen LogP contribution is -2.16. The third kappa shape index (κ3) is 7.18. The van der Waals surface area contributed by atoms with Crippen molar-refractivity contribution in [2.75, 3.05) is 5.32 Å². The number of rotatable bonds is 1. The van der Waals surface area contributed by atoms with E-state index in [4.69, 9.17) is 9.90 Å². The molecule has 0 bridgehead atoms. The van der Waals surface area contributed by atoms with Crippen molar-refractivity contribution in [3.05, 3.63) is 24.0 Å². The zero-order chi connectivity index (χ0) is 11.8. The van der Waals surface area contributed by atoms with Crippen molar-refractivity contribution in [1.82, 2.24) is 0 Å². The van der Waals surface area contributed by atoms with E-state index in [0.29, 0.717) is 0 Å². The summed E-state index contributed by atoms with van der Waals surface area (Å²) in [5.41, 5.74) is 1.89. The van der Waals surface area contributed by atoms with Crippen LogP contribution >= 0.6 is 0 Å². The number of nitrogens with one attached hydrogen (secondary N) is 2. The molecule has 5 heteroatoms. The van der Waals surface area contributed by atoms with Crippen LogP contribution in [-0.2, 0) is 9.59 Å². The molecule has 0 aliphatic heterocycles. The van der Waals surface area contributed by atoms with Crippen LogP contribution < -0.4 is 15.4 Å². The molecule has 2 N–H and O–H groups in total. The molecule has 0 saturated heterocycles. The summed E-state index contributed by atoms with van der Waals surface area (Å²) in [5, 5.41) is 11.6. The zero-order valence-electron chi connectivity index (χ0n) is 8.96. The van der Waals surface area contributed by atoms with Gasteiger partial charge in [0, 0.05) is 19.0 Å². The minimum absolute atomic E-state index is 0.0484. The van der Waals surface area contributed by atoms with Crippen molar-refractivity contribution >= 4 is 17.6 Å². The average Bonchev–Trinajstić information content (AvgIpc) is 2.07. The third-order valence-electron chi connectivity index (χ3n) is 1.39. The summed E-state index contributed by atoms with van der Waals surface area (Å²) in [6.45, 7) is 4.41. The van der Waals surface area contributed by atoms with Gasteiger partial charge in [0.15, 0.2) is 12.4 Å². The van der Waals surface area contributed by atoms with Crippen molar-refractivity contribution in [2.45, 2.75) is 20.8 Å². The number of hydrogen-bond donors (Lipinski definition) is 1. The maximum absolute atomic E-state index is 10.6. The fraction of sp³-hybridized carbons (Fsp3) is 0.300. The Labute approximate surface area is 88.1 Å². The Bertz CT molecular complexity index is 346. The highest BCUT2D eigenvalue weighted by Gasteiger charge is 2.00. The summed E-state index contributed by atoms with van der Waals surface area (Å²) in [6.07, 6.45) is 3.58. The fourth-order valence-electron chi connectivity index (χ4n) is 0.832. The first-order valence-electron chi connectivity index (χ1n) is 4.35. The Kier molecular flexibility index (Phi) is 5.70. The molecule has 0 atom stereocenters. The first kappa shape index (κ1) is 13.1. The summed E-state index contributed by atoms with van der Waals surface area (Å²) in [4.78, 5) is 22.4. The van der Waals surface area contributed by atoms with Gasteiger partial charge in [0.1, 0.15) is 5.69 Å². The van der Waals surface area contributed by atoms with E-state index in [1.165, 1.54) is 6.92 Å². The highest BCUT2D eigenvalue weighted by molar-refractivity contribution is 5.89. The SMILES string of the molecule is CC(=O)Nc1c[nH+]ccc1C.CC(=O)[O-]. The molecule has 5 nitrogen and oxygen atoms in total. The van der Waals surface area contributed by atoms with Crippen molar-refractivity contribution in [3.63, 3.8) is 0 Å². The number of aromatic amines is 1. The van der Waals surface area contributed by atoms with Gasteiger partial charge in [0.05, 0.1) is 0 Å². The molecule has 1 amide bonds. The topological polar surface area (TPSA) is 83.4 Å². The molecule has 0 spiro atoms. The Hall–Kier alpha value is -1.91. The summed E-state index contributed by atoms with van der Waals surface area (Å²) < 4.78 is 0. The number of anilines is 1. The molecular weight excluding hydrogens is 196 g/mol. The molecule has 15 heavy (non-hydrogen) atoms. The van der Waals surface area contributed by atoms with Crippen molar-refractivity contribution < 1.29 is 19.7 Å². The van der Waals surface area contributed by atoms with Gasteiger partial charge in [-0.2, -0.15) is 0 Å². The molecule has 0 unspecified atom stereocenters. The molecule has 1 aromatic rings. The minimum Gasteiger partial charge on any atom is -0.550 e. The third-order valence-corrected chi connectivity index (χ3v) is 1.39. The van der Waals surface area contributed by atoms with Crippen LogP contribution in [0.5, 0.6) is 0 Å². The number of hydrogen-bond acceptors (Lipinski definition) is 3.